The lowest BCUT2D eigenvalue weighted by molar-refractivity contribution is -0.141. The Hall–Kier alpha value is -3.35. The zero-order chi connectivity index (χ0) is 35.2. The summed E-state index contributed by atoms with van der Waals surface area (Å²) in [4.78, 5) is 60.6. The van der Waals surface area contributed by atoms with Gasteiger partial charge in [0.1, 0.15) is 11.7 Å². The van der Waals surface area contributed by atoms with Crippen LogP contribution in [0.3, 0.4) is 0 Å². The maximum Gasteiger partial charge on any atom is 0.303 e. The van der Waals surface area contributed by atoms with Gasteiger partial charge in [-0.2, -0.15) is 0 Å². The van der Waals surface area contributed by atoms with Crippen molar-refractivity contribution in [3.05, 3.63) is 52.0 Å². The van der Waals surface area contributed by atoms with Crippen LogP contribution in [0.2, 0.25) is 0 Å². The highest BCUT2D eigenvalue weighted by molar-refractivity contribution is 7.09. The topological polar surface area (TPSA) is 158 Å². The number of carbonyl (C=O) groups excluding carboxylic acids is 3. The van der Waals surface area contributed by atoms with E-state index in [-0.39, 0.29) is 48.2 Å². The lowest BCUT2D eigenvalue weighted by Gasteiger charge is -2.39. The normalized spacial score (nSPS) is 17.7. The van der Waals surface area contributed by atoms with E-state index < -0.39 is 18.1 Å². The maximum absolute atomic E-state index is 14.2. The third kappa shape index (κ3) is 11.7. The molecule has 266 valence electrons. The molecule has 1 saturated heterocycles. The van der Waals surface area contributed by atoms with Crippen LogP contribution >= 0.6 is 11.3 Å². The van der Waals surface area contributed by atoms with E-state index in [4.69, 9.17) is 5.73 Å². The number of piperidine rings is 1. The van der Waals surface area contributed by atoms with Gasteiger partial charge < -0.3 is 26.4 Å². The van der Waals surface area contributed by atoms with E-state index in [1.807, 2.05) is 56.1 Å². The molecule has 1 aromatic carbocycles. The van der Waals surface area contributed by atoms with Crippen molar-refractivity contribution in [2.45, 2.75) is 122 Å². The summed E-state index contributed by atoms with van der Waals surface area (Å²) in [7, 11) is 1.95. The van der Waals surface area contributed by atoms with Crippen molar-refractivity contribution >= 4 is 35.0 Å². The molecule has 5 atom stereocenters. The summed E-state index contributed by atoms with van der Waals surface area (Å²) in [5, 5.41) is 17.8. The first-order valence-corrected chi connectivity index (χ1v) is 18.4. The molecule has 3 amide bonds. The van der Waals surface area contributed by atoms with Gasteiger partial charge in [0.05, 0.1) is 11.0 Å². The highest BCUT2D eigenvalue weighted by atomic mass is 32.1. The van der Waals surface area contributed by atoms with E-state index in [0.717, 1.165) is 42.8 Å². The molecule has 2 heterocycles. The molecule has 3 rings (SSSR count). The standard InChI is InChI=1S/C36H56N6O5S/c1-6-20-42(36(47)33(27(37)7-2)40-35(46)30-15-11-12-21-41(30)5)29(24(3)4)17-18-31-39-28(23-48-31)34(45)38-26(16-19-32(43)44)22-25-13-9-8-10-14-25/h8-10,13-14,23-24,26-27,29-30,33H,6-7,11-12,15-22,37H2,1-5H3,(H,38,45)(H,40,46)(H,43,44)/t26?,27-,29?,30?,33?/m0/s1. The van der Waals surface area contributed by atoms with Gasteiger partial charge in [0.15, 0.2) is 0 Å². The van der Waals surface area contributed by atoms with Gasteiger partial charge in [0.2, 0.25) is 11.8 Å². The quantitative estimate of drug-likeness (QED) is 0.171. The minimum atomic E-state index is -0.907. The molecule has 1 aliphatic rings. The molecule has 12 heteroatoms. The summed E-state index contributed by atoms with van der Waals surface area (Å²) in [6.45, 7) is 9.55. The van der Waals surface area contributed by atoms with E-state index in [2.05, 4.69) is 34.4 Å². The molecule has 4 unspecified atom stereocenters. The van der Waals surface area contributed by atoms with Gasteiger partial charge in [0.25, 0.3) is 5.91 Å². The van der Waals surface area contributed by atoms with Gasteiger partial charge in [0, 0.05) is 42.9 Å². The Morgan fingerprint density at radius 2 is 1.83 bits per heavy atom. The van der Waals surface area contributed by atoms with E-state index in [9.17, 15) is 24.3 Å². The second-order valence-electron chi connectivity index (χ2n) is 13.4. The number of nitrogens with two attached hydrogens (primary N) is 1. The van der Waals surface area contributed by atoms with E-state index in [0.29, 0.717) is 44.3 Å². The molecule has 1 fully saturated rings. The number of nitrogens with zero attached hydrogens (tertiary/aromatic N) is 3. The summed E-state index contributed by atoms with van der Waals surface area (Å²) in [6, 6.07) is 7.62. The minimum absolute atomic E-state index is 0.0466. The lowest BCUT2D eigenvalue weighted by atomic mass is 9.94. The van der Waals surface area contributed by atoms with Crippen molar-refractivity contribution in [2.75, 3.05) is 20.1 Å². The van der Waals surface area contributed by atoms with Crippen molar-refractivity contribution in [3.63, 3.8) is 0 Å². The molecule has 0 radical (unpaired) electrons. The molecule has 5 N–H and O–H groups in total. The van der Waals surface area contributed by atoms with E-state index >= 15 is 0 Å². The number of aryl methyl sites for hydroxylation is 1. The Balaban J connectivity index is 1.70. The summed E-state index contributed by atoms with van der Waals surface area (Å²) in [5.41, 5.74) is 7.81. The smallest absolute Gasteiger partial charge is 0.303 e. The highest BCUT2D eigenvalue weighted by Crippen LogP contribution is 2.23. The van der Waals surface area contributed by atoms with Gasteiger partial charge >= 0.3 is 5.97 Å². The molecular formula is C36H56N6O5S. The van der Waals surface area contributed by atoms with Crippen molar-refractivity contribution in [1.82, 2.24) is 25.4 Å². The number of carbonyl (C=O) groups is 4. The zero-order valence-corrected chi connectivity index (χ0v) is 30.1. The van der Waals surface area contributed by atoms with Crippen molar-refractivity contribution in [1.29, 1.82) is 0 Å². The molecule has 48 heavy (non-hydrogen) atoms. The van der Waals surface area contributed by atoms with E-state index in [1.165, 1.54) is 11.3 Å². The van der Waals surface area contributed by atoms with Crippen LogP contribution in [0.5, 0.6) is 0 Å². The lowest BCUT2D eigenvalue weighted by Crippen LogP contribution is -2.62. The summed E-state index contributed by atoms with van der Waals surface area (Å²) < 4.78 is 0. The van der Waals surface area contributed by atoms with Gasteiger partial charge in [-0.05, 0) is 70.0 Å². The molecule has 1 aromatic heterocycles. The number of aliphatic carboxylic acids is 1. The Morgan fingerprint density at radius 3 is 2.46 bits per heavy atom. The van der Waals surface area contributed by atoms with Gasteiger partial charge in [-0.1, -0.05) is 64.4 Å². The highest BCUT2D eigenvalue weighted by Gasteiger charge is 2.37. The Morgan fingerprint density at radius 1 is 1.10 bits per heavy atom. The summed E-state index contributed by atoms with van der Waals surface area (Å²) in [5.74, 6) is -1.39. The number of rotatable bonds is 19. The predicted molar refractivity (Wildman–Crippen MR) is 190 cm³/mol. The third-order valence-electron chi connectivity index (χ3n) is 9.26. The Labute approximate surface area is 290 Å². The first-order valence-electron chi connectivity index (χ1n) is 17.5. The summed E-state index contributed by atoms with van der Waals surface area (Å²) >= 11 is 1.40. The maximum atomic E-state index is 14.2. The van der Waals surface area contributed by atoms with Crippen LogP contribution in [0.25, 0.3) is 0 Å². The molecule has 0 saturated carbocycles. The zero-order valence-electron chi connectivity index (χ0n) is 29.3. The number of aromatic nitrogens is 1. The van der Waals surface area contributed by atoms with Gasteiger partial charge in [-0.3, -0.25) is 24.1 Å². The van der Waals surface area contributed by atoms with Crippen LogP contribution in [0, 0.1) is 5.92 Å². The number of carboxylic acid groups (broad SMARTS) is 1. The second-order valence-corrected chi connectivity index (χ2v) is 14.3. The molecule has 0 bridgehead atoms. The van der Waals surface area contributed by atoms with Crippen molar-refractivity contribution < 1.29 is 24.3 Å². The summed E-state index contributed by atoms with van der Waals surface area (Å²) in [6.07, 6.45) is 6.12. The number of benzene rings is 1. The number of amides is 3. The fourth-order valence-electron chi connectivity index (χ4n) is 6.43. The van der Waals surface area contributed by atoms with Crippen LogP contribution in [0.1, 0.15) is 100 Å². The largest absolute Gasteiger partial charge is 0.481 e. The fraction of sp³-hybridized carbons (Fsp3) is 0.639. The SMILES string of the molecule is CCCN(C(=O)C(NC(=O)C1CCCCN1C)[C@@H](N)CC)C(CCc1nc(C(=O)NC(CCC(=O)O)Cc2ccccc2)cs1)C(C)C. The molecule has 11 nitrogen and oxygen atoms in total. The predicted octanol–water partition coefficient (Wildman–Crippen LogP) is 4.25. The van der Waals surface area contributed by atoms with Gasteiger partial charge in [-0.25, -0.2) is 4.98 Å². The molecule has 0 aliphatic carbocycles. The molecule has 0 spiro atoms. The van der Waals surface area contributed by atoms with Crippen LogP contribution < -0.4 is 16.4 Å². The van der Waals surface area contributed by atoms with Crippen molar-refractivity contribution in [3.8, 4) is 0 Å². The van der Waals surface area contributed by atoms with Gasteiger partial charge in [-0.15, -0.1) is 11.3 Å². The first-order chi connectivity index (χ1) is 22.9. The Kier molecular flexibility index (Phi) is 16.0. The van der Waals surface area contributed by atoms with Crippen LogP contribution in [-0.2, 0) is 27.2 Å². The number of hydrogen-bond acceptors (Lipinski definition) is 8. The second kappa shape index (κ2) is 19.6. The number of likely N-dealkylation sites (tertiary alicyclic amines) is 1. The number of nitrogens with one attached hydrogen (secondary N) is 2. The fourth-order valence-corrected chi connectivity index (χ4v) is 7.23. The minimum Gasteiger partial charge on any atom is -0.481 e. The molecule has 2 aromatic rings. The van der Waals surface area contributed by atoms with Crippen LogP contribution in [-0.4, -0.2) is 93.9 Å². The van der Waals surface area contributed by atoms with Crippen molar-refractivity contribution in [2.24, 2.45) is 11.7 Å². The van der Waals surface area contributed by atoms with Crippen LogP contribution in [0.4, 0.5) is 0 Å². The van der Waals surface area contributed by atoms with E-state index in [1.54, 1.807) is 5.38 Å². The third-order valence-corrected chi connectivity index (χ3v) is 10.2. The number of thiazole rings is 1. The molecule has 1 aliphatic heterocycles. The molecular weight excluding hydrogens is 629 g/mol. The number of likely N-dealkylation sites (N-methyl/N-ethyl adjacent to an activating group) is 1. The first kappa shape index (κ1) is 39.1. The monoisotopic (exact) mass is 684 g/mol. The number of carboxylic acids is 1. The average Bonchev–Trinajstić information content (AvgIpc) is 3.54. The average molecular weight is 685 g/mol. The van der Waals surface area contributed by atoms with Crippen LogP contribution in [0.15, 0.2) is 35.7 Å². The number of hydrogen-bond donors (Lipinski definition) is 4. The Bertz CT molecular complexity index is 1320.